The van der Waals surface area contributed by atoms with Crippen LogP contribution < -0.4 is 9.47 Å². The molecule has 2 aromatic carbocycles. The smallest absolute Gasteiger partial charge is 0.387 e. The predicted octanol–water partition coefficient (Wildman–Crippen LogP) is 3.65. The van der Waals surface area contributed by atoms with Crippen molar-refractivity contribution in [3.8, 4) is 11.5 Å². The zero-order valence-electron chi connectivity index (χ0n) is 12.6. The number of nitro benzene ring substituents is 1. The Hall–Kier alpha value is -3.03. The summed E-state index contributed by atoms with van der Waals surface area (Å²) in [5, 5.41) is 10.7. The summed E-state index contributed by atoms with van der Waals surface area (Å²) in [5.74, 6) is -0.389. The van der Waals surface area contributed by atoms with E-state index in [-0.39, 0.29) is 23.6 Å². The molecular weight excluding hydrogens is 324 g/mol. The van der Waals surface area contributed by atoms with E-state index in [0.717, 1.165) is 0 Å². The lowest BCUT2D eigenvalue weighted by molar-refractivity contribution is -0.385. The molecule has 126 valence electrons. The number of hydrogen-bond donors (Lipinski definition) is 0. The molecule has 0 radical (unpaired) electrons. The number of esters is 1. The third-order valence-corrected chi connectivity index (χ3v) is 3.09. The molecule has 0 bridgehead atoms. The number of nitro groups is 1. The normalized spacial score (nSPS) is 10.5. The molecule has 0 unspecified atom stereocenters. The molecule has 0 aliphatic carbocycles. The van der Waals surface area contributed by atoms with E-state index in [4.69, 9.17) is 4.74 Å². The second kappa shape index (κ2) is 7.49. The first-order valence-electron chi connectivity index (χ1n) is 6.84. The Kier molecular flexibility index (Phi) is 5.41. The minimum absolute atomic E-state index is 0.00638. The Balaban J connectivity index is 1.98. The Morgan fingerprint density at radius 2 is 1.79 bits per heavy atom. The van der Waals surface area contributed by atoms with Gasteiger partial charge in [-0.3, -0.25) is 14.9 Å². The van der Waals surface area contributed by atoms with Crippen molar-refractivity contribution >= 4 is 11.7 Å². The van der Waals surface area contributed by atoms with Gasteiger partial charge >= 0.3 is 12.6 Å². The number of rotatable bonds is 6. The Bertz CT molecular complexity index is 747. The molecule has 0 aliphatic heterocycles. The summed E-state index contributed by atoms with van der Waals surface area (Å²) in [5.41, 5.74) is 0.864. The second-order valence-corrected chi connectivity index (χ2v) is 4.88. The number of alkyl halides is 2. The second-order valence-electron chi connectivity index (χ2n) is 4.88. The number of halogens is 2. The highest BCUT2D eigenvalue weighted by molar-refractivity contribution is 5.75. The van der Waals surface area contributed by atoms with Gasteiger partial charge in [-0.05, 0) is 36.8 Å². The van der Waals surface area contributed by atoms with Crippen molar-refractivity contribution in [2.45, 2.75) is 20.0 Å². The summed E-state index contributed by atoms with van der Waals surface area (Å²) in [6.45, 7) is -1.37. The van der Waals surface area contributed by atoms with Gasteiger partial charge in [0.15, 0.2) is 0 Å². The molecule has 0 amide bonds. The summed E-state index contributed by atoms with van der Waals surface area (Å²) in [6.07, 6.45) is -0.0784. The largest absolute Gasteiger partial charge is 0.435 e. The maximum atomic E-state index is 12.0. The lowest BCUT2D eigenvalue weighted by Gasteiger charge is -2.07. The monoisotopic (exact) mass is 337 g/mol. The number of aryl methyl sites for hydroxylation is 1. The van der Waals surface area contributed by atoms with Crippen molar-refractivity contribution in [2.24, 2.45) is 0 Å². The number of carbonyl (C=O) groups excluding carboxylic acids is 1. The summed E-state index contributed by atoms with van der Waals surface area (Å²) in [7, 11) is 0. The molecule has 0 N–H and O–H groups in total. The van der Waals surface area contributed by atoms with Crippen molar-refractivity contribution in [1.29, 1.82) is 0 Å². The predicted molar refractivity (Wildman–Crippen MR) is 80.2 cm³/mol. The summed E-state index contributed by atoms with van der Waals surface area (Å²) in [6, 6.07) is 9.59. The van der Waals surface area contributed by atoms with Crippen molar-refractivity contribution in [3.63, 3.8) is 0 Å². The number of nitrogens with zero attached hydrogens (tertiary/aromatic N) is 1. The Labute approximate surface area is 135 Å². The SMILES string of the molecule is Cc1cc(OC(=O)Cc2ccc(OC(F)F)cc2)ccc1[N+](=O)[O-]. The van der Waals surface area contributed by atoms with Gasteiger partial charge in [0, 0.05) is 11.6 Å². The van der Waals surface area contributed by atoms with E-state index >= 15 is 0 Å². The van der Waals surface area contributed by atoms with Gasteiger partial charge in [0.2, 0.25) is 0 Å². The summed E-state index contributed by atoms with van der Waals surface area (Å²) in [4.78, 5) is 22.1. The lowest BCUT2D eigenvalue weighted by atomic mass is 10.1. The molecule has 0 saturated heterocycles. The van der Waals surface area contributed by atoms with Gasteiger partial charge < -0.3 is 9.47 Å². The molecule has 24 heavy (non-hydrogen) atoms. The number of carbonyl (C=O) groups is 1. The van der Waals surface area contributed by atoms with Crippen LogP contribution in [0.3, 0.4) is 0 Å². The average molecular weight is 337 g/mol. The van der Waals surface area contributed by atoms with Gasteiger partial charge in [-0.25, -0.2) is 0 Å². The maximum absolute atomic E-state index is 12.0. The molecule has 0 atom stereocenters. The van der Waals surface area contributed by atoms with Crippen LogP contribution in [0, 0.1) is 17.0 Å². The molecule has 2 rings (SSSR count). The van der Waals surface area contributed by atoms with Crippen LogP contribution in [-0.4, -0.2) is 17.5 Å². The summed E-state index contributed by atoms with van der Waals surface area (Å²) < 4.78 is 33.4. The molecule has 0 fully saturated rings. The van der Waals surface area contributed by atoms with E-state index in [1.165, 1.54) is 49.4 Å². The van der Waals surface area contributed by atoms with Gasteiger partial charge in [-0.2, -0.15) is 8.78 Å². The van der Waals surface area contributed by atoms with Gasteiger partial charge in [0.1, 0.15) is 11.5 Å². The van der Waals surface area contributed by atoms with Crippen molar-refractivity contribution in [3.05, 3.63) is 63.7 Å². The standard InChI is InChI=1S/C16H13F2NO5/c1-10-8-13(6-7-14(10)19(21)22)23-15(20)9-11-2-4-12(5-3-11)24-16(17)18/h2-8,16H,9H2,1H3. The molecule has 0 aliphatic rings. The van der Waals surface area contributed by atoms with Crippen LogP contribution in [0.5, 0.6) is 11.5 Å². The van der Waals surface area contributed by atoms with Crippen LogP contribution in [0.15, 0.2) is 42.5 Å². The van der Waals surface area contributed by atoms with Gasteiger partial charge in [0.05, 0.1) is 11.3 Å². The van der Waals surface area contributed by atoms with Gasteiger partial charge in [-0.1, -0.05) is 12.1 Å². The molecular formula is C16H13F2NO5. The van der Waals surface area contributed by atoms with Crippen LogP contribution in [0.25, 0.3) is 0 Å². The summed E-state index contributed by atoms with van der Waals surface area (Å²) >= 11 is 0. The van der Waals surface area contributed by atoms with E-state index in [0.29, 0.717) is 11.1 Å². The first-order valence-corrected chi connectivity index (χ1v) is 6.84. The molecule has 8 heteroatoms. The fraction of sp³-hybridized carbons (Fsp3) is 0.188. The van der Waals surface area contributed by atoms with Gasteiger partial charge in [0.25, 0.3) is 5.69 Å². The van der Waals surface area contributed by atoms with E-state index in [9.17, 15) is 23.7 Å². The molecule has 0 saturated carbocycles. The fourth-order valence-corrected chi connectivity index (χ4v) is 2.02. The topological polar surface area (TPSA) is 78.7 Å². The quantitative estimate of drug-likeness (QED) is 0.348. The minimum Gasteiger partial charge on any atom is -0.435 e. The van der Waals surface area contributed by atoms with Crippen LogP contribution in [0.1, 0.15) is 11.1 Å². The molecule has 2 aromatic rings. The number of hydrogen-bond acceptors (Lipinski definition) is 5. The van der Waals surface area contributed by atoms with E-state index in [2.05, 4.69) is 4.74 Å². The van der Waals surface area contributed by atoms with Crippen molar-refractivity contribution in [2.75, 3.05) is 0 Å². The van der Waals surface area contributed by atoms with E-state index in [1.54, 1.807) is 0 Å². The highest BCUT2D eigenvalue weighted by Gasteiger charge is 2.13. The average Bonchev–Trinajstić information content (AvgIpc) is 2.48. The number of ether oxygens (including phenoxy) is 2. The van der Waals surface area contributed by atoms with Crippen molar-refractivity contribution in [1.82, 2.24) is 0 Å². The number of benzene rings is 2. The first-order chi connectivity index (χ1) is 11.3. The zero-order chi connectivity index (χ0) is 17.7. The van der Waals surface area contributed by atoms with E-state index in [1.807, 2.05) is 0 Å². The Morgan fingerprint density at radius 1 is 1.17 bits per heavy atom. The molecule has 0 heterocycles. The fourth-order valence-electron chi connectivity index (χ4n) is 2.02. The third-order valence-electron chi connectivity index (χ3n) is 3.09. The first kappa shape index (κ1) is 17.3. The molecule has 6 nitrogen and oxygen atoms in total. The van der Waals surface area contributed by atoms with E-state index < -0.39 is 17.5 Å². The molecule has 0 aromatic heterocycles. The van der Waals surface area contributed by atoms with Crippen LogP contribution in [0.4, 0.5) is 14.5 Å². The zero-order valence-corrected chi connectivity index (χ0v) is 12.6. The van der Waals surface area contributed by atoms with Crippen LogP contribution in [-0.2, 0) is 11.2 Å². The highest BCUT2D eigenvalue weighted by Crippen LogP contribution is 2.23. The van der Waals surface area contributed by atoms with Crippen LogP contribution in [0.2, 0.25) is 0 Å². The lowest BCUT2D eigenvalue weighted by Crippen LogP contribution is -2.11. The van der Waals surface area contributed by atoms with Crippen molar-refractivity contribution < 1.29 is 28.0 Å². The van der Waals surface area contributed by atoms with Crippen LogP contribution >= 0.6 is 0 Å². The Morgan fingerprint density at radius 3 is 2.33 bits per heavy atom. The maximum Gasteiger partial charge on any atom is 0.387 e. The minimum atomic E-state index is -2.91. The van der Waals surface area contributed by atoms with Gasteiger partial charge in [-0.15, -0.1) is 0 Å². The molecule has 0 spiro atoms. The highest BCUT2D eigenvalue weighted by atomic mass is 19.3. The third kappa shape index (κ3) is 4.73.